The van der Waals surface area contributed by atoms with Crippen LogP contribution in [0.25, 0.3) is 22.2 Å². The highest BCUT2D eigenvalue weighted by molar-refractivity contribution is 6.02. The lowest BCUT2D eigenvalue weighted by Gasteiger charge is -2.43. The van der Waals surface area contributed by atoms with Crippen molar-refractivity contribution in [2.75, 3.05) is 42.7 Å². The number of aromatic nitrogens is 4. The van der Waals surface area contributed by atoms with Crippen LogP contribution in [0.5, 0.6) is 0 Å². The molecule has 0 bridgehead atoms. The van der Waals surface area contributed by atoms with Crippen LogP contribution in [0.4, 0.5) is 27.4 Å². The third kappa shape index (κ3) is 4.71. The molecule has 0 saturated carbocycles. The Morgan fingerprint density at radius 3 is 2.78 bits per heavy atom. The van der Waals surface area contributed by atoms with E-state index in [1.165, 1.54) is 12.1 Å². The standard InChI is InChI=1S/C26H25FN8O/c1-4-24(36)32-21-10-18(5-6-23(21)35(3)19-14-34(2)15-19)31-26-30-13-22-25(33-26)20(7-8-29-22)16-9-17(27)12-28-11-16/h4-13,19H,1,14-15H2,2-3H3,(H,32,36)(H,30,31,33). The third-order valence-corrected chi connectivity index (χ3v) is 6.16. The fraction of sp³-hybridized carbons (Fsp3) is 0.192. The minimum atomic E-state index is -0.433. The number of hydrogen-bond donors (Lipinski definition) is 2. The first-order valence-electron chi connectivity index (χ1n) is 11.4. The lowest BCUT2D eigenvalue weighted by atomic mass is 10.1. The summed E-state index contributed by atoms with van der Waals surface area (Å²) in [6.07, 6.45) is 7.21. The molecule has 3 aromatic heterocycles. The number of pyridine rings is 2. The summed E-state index contributed by atoms with van der Waals surface area (Å²) in [7, 11) is 4.10. The number of carbonyl (C=O) groups is 1. The van der Waals surface area contributed by atoms with E-state index in [1.54, 1.807) is 24.7 Å². The van der Waals surface area contributed by atoms with Gasteiger partial charge in [0.1, 0.15) is 16.9 Å². The van der Waals surface area contributed by atoms with Crippen LogP contribution in [0.2, 0.25) is 0 Å². The number of hydrogen-bond acceptors (Lipinski definition) is 8. The van der Waals surface area contributed by atoms with E-state index in [2.05, 4.69) is 54.0 Å². The number of benzene rings is 1. The Morgan fingerprint density at radius 2 is 2.03 bits per heavy atom. The van der Waals surface area contributed by atoms with E-state index in [0.717, 1.165) is 25.0 Å². The van der Waals surface area contributed by atoms with Gasteiger partial charge in [0.25, 0.3) is 0 Å². The maximum atomic E-state index is 13.8. The average Bonchev–Trinajstić information content (AvgIpc) is 2.86. The Morgan fingerprint density at radius 1 is 1.19 bits per heavy atom. The van der Waals surface area contributed by atoms with Crippen molar-refractivity contribution in [3.8, 4) is 11.1 Å². The van der Waals surface area contributed by atoms with Crippen molar-refractivity contribution in [3.05, 3.63) is 73.6 Å². The van der Waals surface area contributed by atoms with E-state index in [9.17, 15) is 9.18 Å². The van der Waals surface area contributed by atoms with Crippen molar-refractivity contribution in [1.29, 1.82) is 0 Å². The van der Waals surface area contributed by atoms with Crippen molar-refractivity contribution in [3.63, 3.8) is 0 Å². The minimum absolute atomic E-state index is 0.297. The molecule has 5 rings (SSSR count). The monoisotopic (exact) mass is 484 g/mol. The SMILES string of the molecule is C=CC(=O)Nc1cc(Nc2ncc3nccc(-c4cncc(F)c4)c3n2)ccc1N(C)C1CN(C)C1. The van der Waals surface area contributed by atoms with Gasteiger partial charge in [-0.25, -0.2) is 14.4 Å². The smallest absolute Gasteiger partial charge is 0.247 e. The molecule has 4 heterocycles. The van der Waals surface area contributed by atoms with Gasteiger partial charge in [0.15, 0.2) is 0 Å². The summed E-state index contributed by atoms with van der Waals surface area (Å²) in [5.41, 5.74) is 4.66. The fourth-order valence-electron chi connectivity index (χ4n) is 4.23. The lowest BCUT2D eigenvalue weighted by molar-refractivity contribution is -0.111. The molecule has 1 aliphatic rings. The Balaban J connectivity index is 1.48. The maximum Gasteiger partial charge on any atom is 0.247 e. The first-order valence-corrected chi connectivity index (χ1v) is 11.4. The molecule has 1 amide bonds. The summed E-state index contributed by atoms with van der Waals surface area (Å²) < 4.78 is 13.8. The Bertz CT molecular complexity index is 1450. The number of likely N-dealkylation sites (tertiary alicyclic amines) is 1. The third-order valence-electron chi connectivity index (χ3n) is 6.16. The molecular formula is C26H25FN8O. The molecule has 0 aliphatic carbocycles. The van der Waals surface area contributed by atoms with Crippen LogP contribution in [0, 0.1) is 5.82 Å². The lowest BCUT2D eigenvalue weighted by Crippen LogP contribution is -2.56. The maximum absolute atomic E-state index is 13.8. The van der Waals surface area contributed by atoms with E-state index in [0.29, 0.717) is 45.5 Å². The number of rotatable bonds is 7. The molecule has 10 heteroatoms. The molecule has 4 aromatic rings. The molecule has 1 aliphatic heterocycles. The molecule has 0 unspecified atom stereocenters. The van der Waals surface area contributed by atoms with Gasteiger partial charge in [0.05, 0.1) is 29.8 Å². The second kappa shape index (κ2) is 9.67. The molecule has 36 heavy (non-hydrogen) atoms. The summed E-state index contributed by atoms with van der Waals surface area (Å²) in [6, 6.07) is 9.23. The van der Waals surface area contributed by atoms with Gasteiger partial charge >= 0.3 is 0 Å². The zero-order valence-corrected chi connectivity index (χ0v) is 19.9. The van der Waals surface area contributed by atoms with Crippen LogP contribution >= 0.6 is 0 Å². The molecule has 0 radical (unpaired) electrons. The van der Waals surface area contributed by atoms with Crippen molar-refractivity contribution >= 4 is 40.0 Å². The topological polar surface area (TPSA) is 99.2 Å². The highest BCUT2D eigenvalue weighted by Crippen LogP contribution is 2.33. The van der Waals surface area contributed by atoms with Crippen molar-refractivity contribution in [1.82, 2.24) is 24.8 Å². The molecule has 9 nitrogen and oxygen atoms in total. The quantitative estimate of drug-likeness (QED) is 0.382. The van der Waals surface area contributed by atoms with Gasteiger partial charge in [-0.3, -0.25) is 14.8 Å². The average molecular weight is 485 g/mol. The van der Waals surface area contributed by atoms with Gasteiger partial charge in [-0.05, 0) is 43.5 Å². The van der Waals surface area contributed by atoms with Gasteiger partial charge in [0.2, 0.25) is 11.9 Å². The van der Waals surface area contributed by atoms with Gasteiger partial charge < -0.3 is 20.4 Å². The van der Waals surface area contributed by atoms with Gasteiger partial charge in [-0.2, -0.15) is 0 Å². The summed E-state index contributed by atoms with van der Waals surface area (Å²) in [6.45, 7) is 5.46. The summed E-state index contributed by atoms with van der Waals surface area (Å²) >= 11 is 0. The normalized spacial score (nSPS) is 13.8. The van der Waals surface area contributed by atoms with Crippen LogP contribution in [0.1, 0.15) is 0 Å². The van der Waals surface area contributed by atoms with Gasteiger partial charge in [0, 0.05) is 49.3 Å². The van der Waals surface area contributed by atoms with E-state index < -0.39 is 5.82 Å². The Hall–Kier alpha value is -4.44. The van der Waals surface area contributed by atoms with Crippen LogP contribution in [-0.2, 0) is 4.79 Å². The summed E-state index contributed by atoms with van der Waals surface area (Å²) in [5, 5.41) is 6.11. The number of amides is 1. The second-order valence-electron chi connectivity index (χ2n) is 8.71. The summed E-state index contributed by atoms with van der Waals surface area (Å²) in [5.74, 6) is -0.393. The summed E-state index contributed by atoms with van der Waals surface area (Å²) in [4.78, 5) is 33.8. The van der Waals surface area contributed by atoms with Crippen LogP contribution in [0.3, 0.4) is 0 Å². The van der Waals surface area contributed by atoms with Crippen molar-refractivity contribution in [2.45, 2.75) is 6.04 Å². The van der Waals surface area contributed by atoms with Gasteiger partial charge in [-0.15, -0.1) is 0 Å². The number of fused-ring (bicyclic) bond motifs is 1. The molecule has 0 atom stereocenters. The number of carbonyl (C=O) groups excluding carboxylic acids is 1. The fourth-order valence-corrected chi connectivity index (χ4v) is 4.23. The number of nitrogens with zero attached hydrogens (tertiary/aromatic N) is 6. The number of likely N-dealkylation sites (N-methyl/N-ethyl adjacent to an activating group) is 2. The van der Waals surface area contributed by atoms with Crippen LogP contribution < -0.4 is 15.5 Å². The van der Waals surface area contributed by atoms with Crippen LogP contribution in [0.15, 0.2) is 67.8 Å². The molecule has 182 valence electrons. The van der Waals surface area contributed by atoms with E-state index in [1.807, 2.05) is 25.2 Å². The van der Waals surface area contributed by atoms with E-state index in [4.69, 9.17) is 0 Å². The highest BCUT2D eigenvalue weighted by Gasteiger charge is 2.28. The first-order chi connectivity index (χ1) is 17.4. The van der Waals surface area contributed by atoms with Crippen LogP contribution in [-0.4, -0.2) is 64.0 Å². The molecule has 1 fully saturated rings. The van der Waals surface area contributed by atoms with E-state index >= 15 is 0 Å². The first kappa shape index (κ1) is 23.3. The second-order valence-corrected chi connectivity index (χ2v) is 8.71. The molecule has 0 spiro atoms. The Labute approximate surface area is 207 Å². The predicted octanol–water partition coefficient (Wildman–Crippen LogP) is 3.84. The predicted molar refractivity (Wildman–Crippen MR) is 139 cm³/mol. The molecule has 2 N–H and O–H groups in total. The minimum Gasteiger partial charge on any atom is -0.367 e. The van der Waals surface area contributed by atoms with Crippen molar-refractivity contribution in [2.24, 2.45) is 0 Å². The zero-order valence-electron chi connectivity index (χ0n) is 19.9. The highest BCUT2D eigenvalue weighted by atomic mass is 19.1. The largest absolute Gasteiger partial charge is 0.367 e. The number of nitrogens with one attached hydrogen (secondary N) is 2. The number of anilines is 4. The molecular weight excluding hydrogens is 459 g/mol. The van der Waals surface area contributed by atoms with Crippen molar-refractivity contribution < 1.29 is 9.18 Å². The van der Waals surface area contributed by atoms with E-state index in [-0.39, 0.29) is 5.91 Å². The molecule has 1 saturated heterocycles. The zero-order chi connectivity index (χ0) is 25.2. The molecule has 1 aromatic carbocycles. The van der Waals surface area contributed by atoms with Gasteiger partial charge in [-0.1, -0.05) is 6.58 Å². The number of halogens is 1. The Kier molecular flexibility index (Phi) is 6.26.